The lowest BCUT2D eigenvalue weighted by molar-refractivity contribution is 0.851. The van der Waals surface area contributed by atoms with E-state index in [9.17, 15) is 0 Å². The summed E-state index contributed by atoms with van der Waals surface area (Å²) in [7, 11) is 0. The van der Waals surface area contributed by atoms with Crippen molar-refractivity contribution in [2.24, 2.45) is 9.98 Å². The highest BCUT2D eigenvalue weighted by molar-refractivity contribution is 6.30. The summed E-state index contributed by atoms with van der Waals surface area (Å²) in [5.41, 5.74) is 2.12. The Morgan fingerprint density at radius 1 is 0.667 bits per heavy atom. The van der Waals surface area contributed by atoms with Crippen molar-refractivity contribution in [3.63, 3.8) is 0 Å². The molecule has 0 saturated carbocycles. The molecule has 0 bridgehead atoms. The predicted octanol–water partition coefficient (Wildman–Crippen LogP) is 4.92. The molecule has 0 aliphatic rings. The average Bonchev–Trinajstić information content (AvgIpc) is 2.50. The van der Waals surface area contributed by atoms with Crippen LogP contribution in [0.3, 0.4) is 0 Å². The van der Waals surface area contributed by atoms with Crippen molar-refractivity contribution in [3.8, 4) is 0 Å². The van der Waals surface area contributed by atoms with E-state index >= 15 is 0 Å². The summed E-state index contributed by atoms with van der Waals surface area (Å²) in [4.78, 5) is 8.74. The quantitative estimate of drug-likeness (QED) is 0.533. The zero-order valence-electron chi connectivity index (χ0n) is 11.5. The molecule has 2 aromatic rings. The predicted molar refractivity (Wildman–Crippen MR) is 92.4 cm³/mol. The number of benzene rings is 2. The number of hydrogen-bond donors (Lipinski definition) is 0. The van der Waals surface area contributed by atoms with E-state index in [0.717, 1.165) is 40.7 Å². The second kappa shape index (κ2) is 8.60. The maximum Gasteiger partial charge on any atom is 0.0407 e. The van der Waals surface area contributed by atoms with E-state index in [1.165, 1.54) is 0 Å². The van der Waals surface area contributed by atoms with Crippen LogP contribution in [0.1, 0.15) is 17.5 Å². The van der Waals surface area contributed by atoms with E-state index in [4.69, 9.17) is 23.2 Å². The van der Waals surface area contributed by atoms with Gasteiger partial charge in [0.15, 0.2) is 0 Å². The van der Waals surface area contributed by atoms with Crippen LogP contribution < -0.4 is 0 Å². The summed E-state index contributed by atoms with van der Waals surface area (Å²) in [5.74, 6) is 0. The van der Waals surface area contributed by atoms with Gasteiger partial charge < -0.3 is 0 Å². The summed E-state index contributed by atoms with van der Waals surface area (Å²) in [6, 6.07) is 15.2. The fourth-order valence-electron chi connectivity index (χ4n) is 1.69. The molecule has 0 atom stereocenters. The standard InChI is InChI=1S/C17H16Cl2N2/c18-16-6-2-14(3-7-16)12-20-10-1-11-21-13-15-4-8-17(19)9-5-15/h2-9,12-13H,1,10-11H2. The van der Waals surface area contributed by atoms with E-state index in [0.29, 0.717) is 0 Å². The Hall–Kier alpha value is -1.64. The van der Waals surface area contributed by atoms with Crippen molar-refractivity contribution in [3.05, 3.63) is 69.7 Å². The van der Waals surface area contributed by atoms with Crippen LogP contribution in [0.15, 0.2) is 58.5 Å². The molecule has 0 aliphatic heterocycles. The smallest absolute Gasteiger partial charge is 0.0407 e. The van der Waals surface area contributed by atoms with Gasteiger partial charge in [0, 0.05) is 35.6 Å². The topological polar surface area (TPSA) is 24.7 Å². The Labute approximate surface area is 135 Å². The molecular formula is C17H16Cl2N2. The van der Waals surface area contributed by atoms with Gasteiger partial charge in [-0.05, 0) is 41.8 Å². The van der Waals surface area contributed by atoms with Crippen LogP contribution in [0.2, 0.25) is 10.0 Å². The molecule has 2 rings (SSSR count). The van der Waals surface area contributed by atoms with Crippen LogP contribution in [0.5, 0.6) is 0 Å². The Morgan fingerprint density at radius 3 is 1.43 bits per heavy atom. The van der Waals surface area contributed by atoms with Gasteiger partial charge in [-0.1, -0.05) is 47.5 Å². The van der Waals surface area contributed by atoms with Crippen LogP contribution in [-0.2, 0) is 0 Å². The average molecular weight is 319 g/mol. The summed E-state index contributed by atoms with van der Waals surface area (Å²) in [5, 5.41) is 1.48. The first-order valence-electron chi connectivity index (χ1n) is 6.75. The second-order valence-electron chi connectivity index (χ2n) is 4.53. The molecule has 0 aromatic heterocycles. The fourth-order valence-corrected chi connectivity index (χ4v) is 1.94. The zero-order chi connectivity index (χ0) is 14.9. The summed E-state index contributed by atoms with van der Waals surface area (Å²) in [6.07, 6.45) is 4.65. The van der Waals surface area contributed by atoms with Crippen LogP contribution in [0, 0.1) is 0 Å². The minimum absolute atomic E-state index is 0.740. The van der Waals surface area contributed by atoms with Gasteiger partial charge in [0.2, 0.25) is 0 Å². The molecular weight excluding hydrogens is 303 g/mol. The third kappa shape index (κ3) is 6.11. The van der Waals surface area contributed by atoms with Gasteiger partial charge in [-0.2, -0.15) is 0 Å². The van der Waals surface area contributed by atoms with E-state index in [1.807, 2.05) is 61.0 Å². The van der Waals surface area contributed by atoms with Crippen LogP contribution >= 0.6 is 23.2 Å². The molecule has 0 N–H and O–H groups in total. The number of hydrogen-bond acceptors (Lipinski definition) is 2. The lowest BCUT2D eigenvalue weighted by Crippen LogP contribution is -1.89. The molecule has 0 amide bonds. The van der Waals surface area contributed by atoms with E-state index in [2.05, 4.69) is 9.98 Å². The molecule has 0 fully saturated rings. The number of nitrogens with zero attached hydrogens (tertiary/aromatic N) is 2. The van der Waals surface area contributed by atoms with E-state index in [1.54, 1.807) is 0 Å². The lowest BCUT2D eigenvalue weighted by Gasteiger charge is -1.95. The summed E-state index contributed by atoms with van der Waals surface area (Å²) < 4.78 is 0. The largest absolute Gasteiger partial charge is 0.292 e. The van der Waals surface area contributed by atoms with Crippen molar-refractivity contribution in [2.45, 2.75) is 6.42 Å². The molecule has 0 spiro atoms. The van der Waals surface area contributed by atoms with Crippen molar-refractivity contribution < 1.29 is 0 Å². The van der Waals surface area contributed by atoms with E-state index < -0.39 is 0 Å². The van der Waals surface area contributed by atoms with Gasteiger partial charge in [0.1, 0.15) is 0 Å². The monoisotopic (exact) mass is 318 g/mol. The van der Waals surface area contributed by atoms with Crippen molar-refractivity contribution in [1.29, 1.82) is 0 Å². The van der Waals surface area contributed by atoms with Crippen LogP contribution in [0.4, 0.5) is 0 Å². The third-order valence-electron chi connectivity index (χ3n) is 2.80. The molecule has 0 saturated heterocycles. The Bertz CT molecular complexity index is 546. The van der Waals surface area contributed by atoms with Gasteiger partial charge in [0.25, 0.3) is 0 Å². The Morgan fingerprint density at radius 2 is 1.05 bits per heavy atom. The molecule has 2 aromatic carbocycles. The third-order valence-corrected chi connectivity index (χ3v) is 3.30. The first-order valence-corrected chi connectivity index (χ1v) is 7.50. The van der Waals surface area contributed by atoms with Gasteiger partial charge in [-0.15, -0.1) is 0 Å². The molecule has 2 nitrogen and oxygen atoms in total. The number of aliphatic imine (C=N–C) groups is 2. The van der Waals surface area contributed by atoms with E-state index in [-0.39, 0.29) is 0 Å². The SMILES string of the molecule is Clc1ccc(C=NCCCN=Cc2ccc(Cl)cc2)cc1. The highest BCUT2D eigenvalue weighted by Gasteiger charge is 1.89. The van der Waals surface area contributed by atoms with Gasteiger partial charge in [0.05, 0.1) is 0 Å². The molecule has 0 radical (unpaired) electrons. The highest BCUT2D eigenvalue weighted by Crippen LogP contribution is 2.08. The minimum atomic E-state index is 0.740. The molecule has 4 heteroatoms. The van der Waals surface area contributed by atoms with Gasteiger partial charge >= 0.3 is 0 Å². The maximum absolute atomic E-state index is 5.82. The van der Waals surface area contributed by atoms with Crippen molar-refractivity contribution in [2.75, 3.05) is 13.1 Å². The minimum Gasteiger partial charge on any atom is -0.292 e. The molecule has 21 heavy (non-hydrogen) atoms. The molecule has 108 valence electrons. The normalized spacial score (nSPS) is 11.5. The first kappa shape index (κ1) is 15.7. The van der Waals surface area contributed by atoms with Crippen molar-refractivity contribution in [1.82, 2.24) is 0 Å². The number of halogens is 2. The first-order chi connectivity index (χ1) is 10.2. The van der Waals surface area contributed by atoms with Crippen molar-refractivity contribution >= 4 is 35.6 Å². The summed E-state index contributed by atoms with van der Waals surface area (Å²) in [6.45, 7) is 1.53. The fraction of sp³-hybridized carbons (Fsp3) is 0.176. The lowest BCUT2D eigenvalue weighted by atomic mass is 10.2. The van der Waals surface area contributed by atoms with Gasteiger partial charge in [-0.25, -0.2) is 0 Å². The zero-order valence-corrected chi connectivity index (χ0v) is 13.1. The molecule has 0 aliphatic carbocycles. The summed E-state index contributed by atoms with van der Waals surface area (Å²) >= 11 is 11.6. The molecule has 0 unspecified atom stereocenters. The Kier molecular flexibility index (Phi) is 6.45. The Balaban J connectivity index is 1.67. The number of rotatable bonds is 6. The van der Waals surface area contributed by atoms with Gasteiger partial charge in [-0.3, -0.25) is 9.98 Å². The molecule has 0 heterocycles. The second-order valence-corrected chi connectivity index (χ2v) is 5.40. The van der Waals surface area contributed by atoms with Crippen LogP contribution in [0.25, 0.3) is 0 Å². The van der Waals surface area contributed by atoms with Crippen LogP contribution in [-0.4, -0.2) is 25.5 Å². The maximum atomic E-state index is 5.82. The highest BCUT2D eigenvalue weighted by atomic mass is 35.5.